The van der Waals surface area contributed by atoms with Gasteiger partial charge in [0.25, 0.3) is 0 Å². The van der Waals surface area contributed by atoms with Crippen LogP contribution in [0.1, 0.15) is 22.4 Å². The van der Waals surface area contributed by atoms with E-state index in [0.29, 0.717) is 28.2 Å². The Bertz CT molecular complexity index is 977. The number of halogens is 4. The van der Waals surface area contributed by atoms with Crippen molar-refractivity contribution in [3.8, 4) is 0 Å². The van der Waals surface area contributed by atoms with Crippen molar-refractivity contribution < 1.29 is 18.3 Å². The van der Waals surface area contributed by atoms with E-state index in [1.54, 1.807) is 18.2 Å². The fourth-order valence-corrected chi connectivity index (χ4v) is 3.01. The number of alkyl halides is 3. The first-order valence-corrected chi connectivity index (χ1v) is 8.27. The van der Waals surface area contributed by atoms with Crippen LogP contribution in [0.15, 0.2) is 42.5 Å². The van der Waals surface area contributed by atoms with Crippen LogP contribution in [-0.4, -0.2) is 21.5 Å². The van der Waals surface area contributed by atoms with E-state index in [0.717, 1.165) is 23.3 Å². The van der Waals surface area contributed by atoms with Gasteiger partial charge >= 0.3 is 6.18 Å². The van der Waals surface area contributed by atoms with Gasteiger partial charge in [0.15, 0.2) is 0 Å². The van der Waals surface area contributed by atoms with Crippen molar-refractivity contribution >= 4 is 28.6 Å². The van der Waals surface area contributed by atoms with Crippen LogP contribution in [-0.2, 0) is 12.7 Å². The molecule has 3 aromatic rings. The van der Waals surface area contributed by atoms with Crippen molar-refractivity contribution in [2.45, 2.75) is 19.6 Å². The number of aromatic nitrogens is 2. The Kier molecular flexibility index (Phi) is 5.07. The highest BCUT2D eigenvalue weighted by molar-refractivity contribution is 6.30. The van der Waals surface area contributed by atoms with Crippen molar-refractivity contribution in [2.75, 3.05) is 6.61 Å². The third-order valence-corrected chi connectivity index (χ3v) is 4.35. The van der Waals surface area contributed by atoms with Crippen LogP contribution >= 0.6 is 11.6 Å². The molecule has 0 unspecified atom stereocenters. The van der Waals surface area contributed by atoms with E-state index in [1.165, 1.54) is 16.8 Å². The zero-order valence-corrected chi connectivity index (χ0v) is 14.6. The summed E-state index contributed by atoms with van der Waals surface area (Å²) in [4.78, 5) is 0. The van der Waals surface area contributed by atoms with Gasteiger partial charge in [-0.1, -0.05) is 23.7 Å². The maximum atomic E-state index is 13.1. The van der Waals surface area contributed by atoms with Gasteiger partial charge in [0.1, 0.15) is 0 Å². The molecule has 1 aromatic heterocycles. The van der Waals surface area contributed by atoms with Crippen LogP contribution in [0, 0.1) is 6.92 Å². The normalized spacial score (nSPS) is 12.4. The minimum absolute atomic E-state index is 0.175. The Morgan fingerprint density at radius 3 is 2.62 bits per heavy atom. The molecule has 2 aromatic carbocycles. The number of benzene rings is 2. The Balaban J connectivity index is 2.14. The summed E-state index contributed by atoms with van der Waals surface area (Å²) in [5, 5.41) is 14.6. The van der Waals surface area contributed by atoms with Crippen LogP contribution < -0.4 is 0 Å². The monoisotopic (exact) mass is 380 g/mol. The van der Waals surface area contributed by atoms with Gasteiger partial charge < -0.3 is 5.11 Å². The lowest BCUT2D eigenvalue weighted by atomic mass is 10.1. The van der Waals surface area contributed by atoms with Crippen molar-refractivity contribution in [3.05, 3.63) is 69.9 Å². The molecule has 3 rings (SSSR count). The zero-order valence-electron chi connectivity index (χ0n) is 13.9. The van der Waals surface area contributed by atoms with E-state index < -0.39 is 11.7 Å². The van der Waals surface area contributed by atoms with Crippen LogP contribution in [0.2, 0.25) is 5.02 Å². The number of aliphatic hydroxyl groups is 1. The standard InChI is InChI=1S/C19H16ClF3N2O/c1-12-9-15(20)6-4-13(12)11-25-18-10-14(19(21,22)23)5-7-16(18)17(24-25)3-2-8-26/h2-7,9-10,26H,8,11H2,1H3. The van der Waals surface area contributed by atoms with Crippen LogP contribution in [0.5, 0.6) is 0 Å². The highest BCUT2D eigenvalue weighted by Crippen LogP contribution is 2.33. The molecule has 0 saturated carbocycles. The molecule has 0 aliphatic heterocycles. The number of hydrogen-bond acceptors (Lipinski definition) is 2. The fraction of sp³-hybridized carbons (Fsp3) is 0.211. The number of fused-ring (bicyclic) bond motifs is 1. The summed E-state index contributed by atoms with van der Waals surface area (Å²) >= 11 is 5.97. The van der Waals surface area contributed by atoms with Gasteiger partial charge in [-0.25, -0.2) is 0 Å². The summed E-state index contributed by atoms with van der Waals surface area (Å²) in [6.45, 7) is 2.03. The number of hydrogen-bond donors (Lipinski definition) is 1. The van der Waals surface area contributed by atoms with Crippen molar-refractivity contribution in [3.63, 3.8) is 0 Å². The van der Waals surface area contributed by atoms with E-state index in [2.05, 4.69) is 5.10 Å². The smallest absolute Gasteiger partial charge is 0.392 e. The number of aliphatic hydroxyl groups excluding tert-OH is 1. The molecule has 0 bridgehead atoms. The van der Waals surface area contributed by atoms with Gasteiger partial charge in [-0.15, -0.1) is 0 Å². The van der Waals surface area contributed by atoms with Crippen LogP contribution in [0.3, 0.4) is 0 Å². The van der Waals surface area contributed by atoms with Gasteiger partial charge in [0, 0.05) is 10.4 Å². The van der Waals surface area contributed by atoms with E-state index in [4.69, 9.17) is 16.7 Å². The average molecular weight is 381 g/mol. The molecule has 3 nitrogen and oxygen atoms in total. The summed E-state index contributed by atoms with van der Waals surface area (Å²) in [6.07, 6.45) is -1.33. The Morgan fingerprint density at radius 2 is 1.96 bits per heavy atom. The van der Waals surface area contributed by atoms with Gasteiger partial charge in [-0.05, 0) is 54.5 Å². The van der Waals surface area contributed by atoms with Crippen LogP contribution in [0.4, 0.5) is 13.2 Å². The molecular weight excluding hydrogens is 365 g/mol. The Labute approximate surface area is 153 Å². The first kappa shape index (κ1) is 18.5. The molecule has 26 heavy (non-hydrogen) atoms. The maximum Gasteiger partial charge on any atom is 0.416 e. The summed E-state index contributed by atoms with van der Waals surface area (Å²) in [6, 6.07) is 8.93. The topological polar surface area (TPSA) is 38.0 Å². The molecule has 0 saturated heterocycles. The van der Waals surface area contributed by atoms with Crippen molar-refractivity contribution in [2.24, 2.45) is 0 Å². The number of aryl methyl sites for hydroxylation is 1. The second-order valence-corrected chi connectivity index (χ2v) is 6.36. The quantitative estimate of drug-likeness (QED) is 0.686. The molecule has 0 aliphatic carbocycles. The molecule has 1 N–H and O–H groups in total. The lowest BCUT2D eigenvalue weighted by Crippen LogP contribution is -2.06. The van der Waals surface area contributed by atoms with Crippen molar-refractivity contribution in [1.82, 2.24) is 9.78 Å². The third-order valence-electron chi connectivity index (χ3n) is 4.11. The van der Waals surface area contributed by atoms with E-state index in [1.807, 2.05) is 13.0 Å². The zero-order chi connectivity index (χ0) is 18.9. The predicted molar refractivity (Wildman–Crippen MR) is 96.1 cm³/mol. The van der Waals surface area contributed by atoms with Crippen LogP contribution in [0.25, 0.3) is 17.0 Å². The molecule has 0 spiro atoms. The third kappa shape index (κ3) is 3.76. The van der Waals surface area contributed by atoms with Gasteiger partial charge in [-0.3, -0.25) is 4.68 Å². The molecule has 7 heteroatoms. The first-order chi connectivity index (χ1) is 12.3. The lowest BCUT2D eigenvalue weighted by molar-refractivity contribution is -0.137. The molecule has 0 amide bonds. The van der Waals surface area contributed by atoms with E-state index in [-0.39, 0.29) is 6.61 Å². The minimum atomic E-state index is -4.43. The van der Waals surface area contributed by atoms with Gasteiger partial charge in [-0.2, -0.15) is 18.3 Å². The maximum absolute atomic E-state index is 13.1. The lowest BCUT2D eigenvalue weighted by Gasteiger charge is -2.10. The van der Waals surface area contributed by atoms with E-state index in [9.17, 15) is 13.2 Å². The summed E-state index contributed by atoms with van der Waals surface area (Å²) in [5.41, 5.74) is 2.01. The largest absolute Gasteiger partial charge is 0.416 e. The summed E-state index contributed by atoms with van der Waals surface area (Å²) in [5.74, 6) is 0. The summed E-state index contributed by atoms with van der Waals surface area (Å²) in [7, 11) is 0. The molecule has 1 heterocycles. The second-order valence-electron chi connectivity index (χ2n) is 5.93. The highest BCUT2D eigenvalue weighted by atomic mass is 35.5. The first-order valence-electron chi connectivity index (χ1n) is 7.90. The van der Waals surface area contributed by atoms with Crippen molar-refractivity contribution in [1.29, 1.82) is 0 Å². The molecule has 0 radical (unpaired) electrons. The fourth-order valence-electron chi connectivity index (χ4n) is 2.78. The van der Waals surface area contributed by atoms with Gasteiger partial charge in [0.2, 0.25) is 0 Å². The molecular formula is C19H16ClF3N2O. The summed E-state index contributed by atoms with van der Waals surface area (Å²) < 4.78 is 40.8. The molecule has 0 atom stereocenters. The second kappa shape index (κ2) is 7.13. The predicted octanol–water partition coefficient (Wildman–Crippen LogP) is 5.07. The molecule has 0 fully saturated rings. The minimum Gasteiger partial charge on any atom is -0.392 e. The Morgan fingerprint density at radius 1 is 1.19 bits per heavy atom. The van der Waals surface area contributed by atoms with Gasteiger partial charge in [0.05, 0.1) is 29.9 Å². The molecule has 0 aliphatic rings. The molecule has 136 valence electrons. The highest BCUT2D eigenvalue weighted by Gasteiger charge is 2.31. The SMILES string of the molecule is Cc1cc(Cl)ccc1Cn1nc(C=CCO)c2ccc(C(F)(F)F)cc21. The van der Waals surface area contributed by atoms with E-state index >= 15 is 0 Å². The average Bonchev–Trinajstić information content (AvgIpc) is 2.92. The Hall–Kier alpha value is -2.31. The number of nitrogens with zero attached hydrogens (tertiary/aromatic N) is 2. The number of rotatable bonds is 4.